The Labute approximate surface area is 170 Å². The highest BCUT2D eigenvalue weighted by Gasteiger charge is 2.38. The fourth-order valence-electron chi connectivity index (χ4n) is 3.89. The summed E-state index contributed by atoms with van der Waals surface area (Å²) in [5.74, 6) is -0.127. The first-order valence-corrected chi connectivity index (χ1v) is 10.1. The molecule has 0 radical (unpaired) electrons. The summed E-state index contributed by atoms with van der Waals surface area (Å²) in [6.07, 6.45) is 1.03. The zero-order chi connectivity index (χ0) is 19.9. The van der Waals surface area contributed by atoms with E-state index in [4.69, 9.17) is 27.9 Å². The fourth-order valence-corrected chi connectivity index (χ4v) is 4.59. The lowest BCUT2D eigenvalue weighted by atomic mass is 9.92. The second-order valence-electron chi connectivity index (χ2n) is 8.33. The molecule has 3 rings (SSSR count). The van der Waals surface area contributed by atoms with Crippen molar-refractivity contribution in [2.45, 2.75) is 52.2 Å². The second-order valence-corrected chi connectivity index (χ2v) is 9.17. The second kappa shape index (κ2) is 7.51. The van der Waals surface area contributed by atoms with Crippen LogP contribution in [0.5, 0.6) is 0 Å². The summed E-state index contributed by atoms with van der Waals surface area (Å²) >= 11 is 12.5. The highest BCUT2D eigenvalue weighted by atomic mass is 35.5. The Bertz CT molecular complexity index is 760. The van der Waals surface area contributed by atoms with Gasteiger partial charge in [-0.3, -0.25) is 4.79 Å². The van der Waals surface area contributed by atoms with Crippen LogP contribution in [-0.4, -0.2) is 47.0 Å². The van der Waals surface area contributed by atoms with E-state index in [1.165, 1.54) is 0 Å². The first-order valence-electron chi connectivity index (χ1n) is 9.33. The van der Waals surface area contributed by atoms with Gasteiger partial charge in [0.05, 0.1) is 12.0 Å². The van der Waals surface area contributed by atoms with Crippen molar-refractivity contribution in [3.8, 4) is 0 Å². The molecule has 1 fully saturated rings. The number of hydrogen-bond acceptors (Lipinski definition) is 3. The van der Waals surface area contributed by atoms with Crippen LogP contribution in [0.3, 0.4) is 0 Å². The quantitative estimate of drug-likeness (QED) is 0.671. The van der Waals surface area contributed by atoms with Crippen LogP contribution in [0.2, 0.25) is 10.0 Å². The molecule has 0 bridgehead atoms. The molecule has 27 heavy (non-hydrogen) atoms. The van der Waals surface area contributed by atoms with Gasteiger partial charge in [-0.2, -0.15) is 0 Å². The molecule has 2 aliphatic heterocycles. The third-order valence-corrected chi connectivity index (χ3v) is 5.69. The molecular weight excluding hydrogens is 387 g/mol. The minimum Gasteiger partial charge on any atom is -0.444 e. The first-order chi connectivity index (χ1) is 12.6. The zero-order valence-corrected chi connectivity index (χ0v) is 17.7. The van der Waals surface area contributed by atoms with Crippen LogP contribution in [0, 0.1) is 5.92 Å². The molecule has 2 aliphatic rings. The van der Waals surface area contributed by atoms with E-state index in [0.717, 1.165) is 17.5 Å². The lowest BCUT2D eigenvalue weighted by Crippen LogP contribution is -2.43. The van der Waals surface area contributed by atoms with Crippen molar-refractivity contribution in [1.29, 1.82) is 0 Å². The van der Waals surface area contributed by atoms with Gasteiger partial charge < -0.3 is 14.5 Å². The van der Waals surface area contributed by atoms with Crippen LogP contribution in [0.25, 0.3) is 0 Å². The maximum atomic E-state index is 13.1. The van der Waals surface area contributed by atoms with E-state index in [1.807, 2.05) is 38.7 Å². The normalized spacial score (nSPS) is 22.6. The molecule has 148 valence electrons. The van der Waals surface area contributed by atoms with Gasteiger partial charge in [0, 0.05) is 29.7 Å². The number of nitrogens with zero attached hydrogens (tertiary/aromatic N) is 2. The summed E-state index contributed by atoms with van der Waals surface area (Å²) in [4.78, 5) is 28.9. The summed E-state index contributed by atoms with van der Waals surface area (Å²) < 4.78 is 5.42. The third-order valence-electron chi connectivity index (χ3n) is 5.16. The maximum Gasteiger partial charge on any atom is 0.410 e. The molecule has 1 saturated heterocycles. The van der Waals surface area contributed by atoms with Crippen LogP contribution in [0.1, 0.15) is 51.3 Å². The molecule has 1 aromatic rings. The van der Waals surface area contributed by atoms with Gasteiger partial charge in [0.1, 0.15) is 5.60 Å². The number of benzene rings is 1. The van der Waals surface area contributed by atoms with Gasteiger partial charge in [0.25, 0.3) is 0 Å². The number of amides is 2. The van der Waals surface area contributed by atoms with Crippen LogP contribution < -0.4 is 0 Å². The Balaban J connectivity index is 1.69. The lowest BCUT2D eigenvalue weighted by Gasteiger charge is -2.37. The van der Waals surface area contributed by atoms with E-state index < -0.39 is 5.60 Å². The van der Waals surface area contributed by atoms with Gasteiger partial charge in [-0.1, -0.05) is 23.2 Å². The average Bonchev–Trinajstić information content (AvgIpc) is 3.02. The van der Waals surface area contributed by atoms with Crippen molar-refractivity contribution in [2.75, 3.05) is 19.6 Å². The zero-order valence-electron chi connectivity index (χ0n) is 16.2. The van der Waals surface area contributed by atoms with Gasteiger partial charge in [-0.05, 0) is 63.8 Å². The van der Waals surface area contributed by atoms with Crippen molar-refractivity contribution >= 4 is 35.2 Å². The Hall–Kier alpha value is -1.46. The van der Waals surface area contributed by atoms with Crippen LogP contribution in [0.4, 0.5) is 4.79 Å². The predicted octanol–water partition coefficient (Wildman–Crippen LogP) is 4.70. The third kappa shape index (κ3) is 4.35. The molecule has 5 nitrogen and oxygen atoms in total. The smallest absolute Gasteiger partial charge is 0.410 e. The number of carbonyl (C=O) groups excluding carboxylic acids is 2. The highest BCUT2D eigenvalue weighted by molar-refractivity contribution is 6.35. The molecule has 0 aromatic heterocycles. The number of carbonyl (C=O) groups is 2. The number of ether oxygens (including phenoxy) is 1. The maximum absolute atomic E-state index is 13.1. The van der Waals surface area contributed by atoms with E-state index >= 15 is 0 Å². The highest BCUT2D eigenvalue weighted by Crippen LogP contribution is 2.38. The Morgan fingerprint density at radius 1 is 1.19 bits per heavy atom. The molecular formula is C20H26Cl2N2O3. The number of likely N-dealkylation sites (tertiary alicyclic amines) is 1. The monoisotopic (exact) mass is 412 g/mol. The van der Waals surface area contributed by atoms with Crippen molar-refractivity contribution < 1.29 is 14.3 Å². The topological polar surface area (TPSA) is 49.9 Å². The lowest BCUT2D eigenvalue weighted by molar-refractivity contribution is -0.137. The number of halogens is 2. The molecule has 2 atom stereocenters. The molecule has 0 N–H and O–H groups in total. The SMILES string of the molecule is C[C@H]1c2c(Cl)cc(Cl)cc2CCN1C(=O)[C@@H]1CCN(C(=O)OC(C)(C)C)C1. The molecule has 2 amide bonds. The van der Waals surface area contributed by atoms with E-state index in [2.05, 4.69) is 0 Å². The van der Waals surface area contributed by atoms with Gasteiger partial charge in [0.2, 0.25) is 5.91 Å². The minimum atomic E-state index is -0.539. The van der Waals surface area contributed by atoms with E-state index in [1.54, 1.807) is 11.0 Å². The van der Waals surface area contributed by atoms with Crippen molar-refractivity contribution in [1.82, 2.24) is 9.80 Å². The van der Waals surface area contributed by atoms with Crippen LogP contribution in [0.15, 0.2) is 12.1 Å². The van der Waals surface area contributed by atoms with Crippen molar-refractivity contribution in [3.05, 3.63) is 33.3 Å². The number of fused-ring (bicyclic) bond motifs is 1. The van der Waals surface area contributed by atoms with Crippen LogP contribution >= 0.6 is 23.2 Å². The number of rotatable bonds is 1. The Morgan fingerprint density at radius 2 is 1.89 bits per heavy atom. The van der Waals surface area contributed by atoms with Gasteiger partial charge in [-0.15, -0.1) is 0 Å². The largest absolute Gasteiger partial charge is 0.444 e. The van der Waals surface area contributed by atoms with Crippen LogP contribution in [-0.2, 0) is 16.0 Å². The number of hydrogen-bond donors (Lipinski definition) is 0. The van der Waals surface area contributed by atoms with Gasteiger partial charge in [-0.25, -0.2) is 4.79 Å². The Kier molecular flexibility index (Phi) is 5.64. The predicted molar refractivity (Wildman–Crippen MR) is 106 cm³/mol. The Morgan fingerprint density at radius 3 is 2.56 bits per heavy atom. The summed E-state index contributed by atoms with van der Waals surface area (Å²) in [6.45, 7) is 9.09. The first kappa shape index (κ1) is 20.3. The van der Waals surface area contributed by atoms with Gasteiger partial charge >= 0.3 is 6.09 Å². The summed E-state index contributed by atoms with van der Waals surface area (Å²) in [5.41, 5.74) is 1.54. The van der Waals surface area contributed by atoms with E-state index in [0.29, 0.717) is 36.1 Å². The van der Waals surface area contributed by atoms with Crippen molar-refractivity contribution in [2.24, 2.45) is 5.92 Å². The molecule has 2 heterocycles. The fraction of sp³-hybridized carbons (Fsp3) is 0.600. The van der Waals surface area contributed by atoms with E-state index in [-0.39, 0.29) is 24.0 Å². The molecule has 1 aromatic carbocycles. The molecule has 0 spiro atoms. The standard InChI is InChI=1S/C20H26Cl2N2O3/c1-12-17-13(9-15(21)10-16(17)22)6-8-24(12)18(25)14-5-7-23(11-14)19(26)27-20(2,3)4/h9-10,12,14H,5-8,11H2,1-4H3/t12-,14+/m0/s1. The molecule has 0 saturated carbocycles. The summed E-state index contributed by atoms with van der Waals surface area (Å²) in [7, 11) is 0. The summed E-state index contributed by atoms with van der Waals surface area (Å²) in [5, 5.41) is 1.22. The minimum absolute atomic E-state index is 0.0743. The molecule has 0 unspecified atom stereocenters. The van der Waals surface area contributed by atoms with Crippen molar-refractivity contribution in [3.63, 3.8) is 0 Å². The molecule has 0 aliphatic carbocycles. The van der Waals surface area contributed by atoms with Gasteiger partial charge in [0.15, 0.2) is 0 Å². The molecule has 7 heteroatoms. The van der Waals surface area contributed by atoms with E-state index in [9.17, 15) is 9.59 Å². The summed E-state index contributed by atoms with van der Waals surface area (Å²) in [6, 6.07) is 3.55. The average molecular weight is 413 g/mol.